The van der Waals surface area contributed by atoms with Gasteiger partial charge in [-0.05, 0) is 49.6 Å². The van der Waals surface area contributed by atoms with Crippen molar-refractivity contribution in [3.05, 3.63) is 60.2 Å². The van der Waals surface area contributed by atoms with Gasteiger partial charge in [-0.2, -0.15) is 0 Å². The Morgan fingerprint density at radius 3 is 2.59 bits per heavy atom. The Labute approximate surface area is 173 Å². The number of guanidine groups is 1. The Kier molecular flexibility index (Phi) is 7.92. The predicted octanol–water partition coefficient (Wildman–Crippen LogP) is 3.34. The van der Waals surface area contributed by atoms with Gasteiger partial charge >= 0.3 is 0 Å². The molecule has 1 aliphatic rings. The number of carbonyl (C=O) groups is 1. The van der Waals surface area contributed by atoms with Gasteiger partial charge in [0.25, 0.3) is 0 Å². The number of ether oxygens (including phenoxy) is 1. The zero-order chi connectivity index (χ0) is 20.3. The molecule has 0 bridgehead atoms. The molecular weight excluding hydrogens is 364 g/mol. The van der Waals surface area contributed by atoms with Crippen LogP contribution in [0.5, 0.6) is 5.75 Å². The second kappa shape index (κ2) is 11.1. The number of amides is 1. The van der Waals surface area contributed by atoms with Gasteiger partial charge in [-0.1, -0.05) is 30.3 Å². The van der Waals surface area contributed by atoms with Crippen LogP contribution >= 0.6 is 0 Å². The average Bonchev–Trinajstić information content (AvgIpc) is 3.18. The smallest absolute Gasteiger partial charge is 0.227 e. The highest BCUT2D eigenvalue weighted by Crippen LogP contribution is 2.21. The summed E-state index contributed by atoms with van der Waals surface area (Å²) in [7, 11) is 0. The summed E-state index contributed by atoms with van der Waals surface area (Å²) in [5.41, 5.74) is 2.09. The fourth-order valence-electron chi connectivity index (χ4n) is 3.20. The van der Waals surface area contributed by atoms with Gasteiger partial charge in [0.15, 0.2) is 5.96 Å². The minimum Gasteiger partial charge on any atom is -0.494 e. The van der Waals surface area contributed by atoms with Crippen LogP contribution in [0.2, 0.25) is 0 Å². The summed E-state index contributed by atoms with van der Waals surface area (Å²) in [4.78, 5) is 18.4. The second-order valence-corrected chi connectivity index (χ2v) is 6.95. The molecule has 2 N–H and O–H groups in total. The zero-order valence-electron chi connectivity index (χ0n) is 17.1. The molecule has 0 spiro atoms. The van der Waals surface area contributed by atoms with Gasteiger partial charge in [-0.15, -0.1) is 0 Å². The fraction of sp³-hybridized carbons (Fsp3) is 0.391. The molecule has 0 radical (unpaired) electrons. The number of aliphatic imine (C=N–C) groups is 1. The van der Waals surface area contributed by atoms with Crippen molar-refractivity contribution >= 4 is 17.6 Å². The maximum Gasteiger partial charge on any atom is 0.227 e. The van der Waals surface area contributed by atoms with E-state index in [4.69, 9.17) is 4.74 Å². The quantitative estimate of drug-likeness (QED) is 0.389. The molecule has 0 atom stereocenters. The molecule has 0 aliphatic carbocycles. The molecule has 2 aromatic carbocycles. The Balaban J connectivity index is 1.44. The van der Waals surface area contributed by atoms with E-state index in [1.807, 2.05) is 59.5 Å². The first-order valence-corrected chi connectivity index (χ1v) is 10.4. The summed E-state index contributed by atoms with van der Waals surface area (Å²) in [6.45, 7) is 5.71. The monoisotopic (exact) mass is 394 g/mol. The van der Waals surface area contributed by atoms with Crippen molar-refractivity contribution < 1.29 is 9.53 Å². The summed E-state index contributed by atoms with van der Waals surface area (Å²) in [6.07, 6.45) is 2.48. The lowest BCUT2D eigenvalue weighted by molar-refractivity contribution is -0.117. The van der Waals surface area contributed by atoms with Crippen molar-refractivity contribution in [2.45, 2.75) is 32.7 Å². The van der Waals surface area contributed by atoms with Crippen molar-refractivity contribution in [2.24, 2.45) is 4.99 Å². The molecule has 6 heteroatoms. The van der Waals surface area contributed by atoms with E-state index >= 15 is 0 Å². The van der Waals surface area contributed by atoms with Crippen LogP contribution in [-0.4, -0.2) is 38.1 Å². The van der Waals surface area contributed by atoms with Gasteiger partial charge in [0.2, 0.25) is 5.91 Å². The number of carbonyl (C=O) groups excluding carboxylic acids is 1. The average molecular weight is 395 g/mol. The second-order valence-electron chi connectivity index (χ2n) is 6.95. The molecule has 1 amide bonds. The third-order valence-corrected chi connectivity index (χ3v) is 4.71. The van der Waals surface area contributed by atoms with Crippen LogP contribution < -0.4 is 20.3 Å². The standard InChI is InChI=1S/C23H30N4O2/c1-2-24-23(25-15-7-17-29-21-8-4-3-5-9-21)26-18-19-11-13-20(14-12-19)27-16-6-10-22(27)28/h3-5,8-9,11-14H,2,6-7,10,15-18H2,1H3,(H2,24,25,26). The molecule has 1 heterocycles. The topological polar surface area (TPSA) is 66.0 Å². The molecule has 2 aromatic rings. The number of benzene rings is 2. The van der Waals surface area contributed by atoms with Gasteiger partial charge in [-0.25, -0.2) is 4.99 Å². The van der Waals surface area contributed by atoms with Crippen molar-refractivity contribution in [3.8, 4) is 5.75 Å². The number of nitrogens with one attached hydrogen (secondary N) is 2. The van der Waals surface area contributed by atoms with Crippen LogP contribution in [0.4, 0.5) is 5.69 Å². The molecule has 1 saturated heterocycles. The summed E-state index contributed by atoms with van der Waals surface area (Å²) < 4.78 is 5.71. The molecule has 154 valence electrons. The molecule has 0 unspecified atom stereocenters. The first-order chi connectivity index (χ1) is 14.3. The Morgan fingerprint density at radius 2 is 1.90 bits per heavy atom. The van der Waals surface area contributed by atoms with Crippen LogP contribution in [0.25, 0.3) is 0 Å². The number of para-hydroxylation sites is 1. The number of nitrogens with zero attached hydrogens (tertiary/aromatic N) is 2. The van der Waals surface area contributed by atoms with Crippen molar-refractivity contribution in [1.29, 1.82) is 0 Å². The van der Waals surface area contributed by atoms with Gasteiger partial charge in [0.1, 0.15) is 5.75 Å². The number of hydrogen-bond donors (Lipinski definition) is 2. The van der Waals surface area contributed by atoms with Gasteiger partial charge in [0, 0.05) is 31.7 Å². The van der Waals surface area contributed by atoms with Crippen molar-refractivity contribution in [1.82, 2.24) is 10.6 Å². The lowest BCUT2D eigenvalue weighted by Crippen LogP contribution is -2.38. The minimum absolute atomic E-state index is 0.214. The maximum atomic E-state index is 11.9. The van der Waals surface area contributed by atoms with E-state index in [1.165, 1.54) is 0 Å². The van der Waals surface area contributed by atoms with Crippen LogP contribution in [0.15, 0.2) is 59.6 Å². The number of rotatable bonds is 9. The van der Waals surface area contributed by atoms with Crippen molar-refractivity contribution in [3.63, 3.8) is 0 Å². The molecule has 29 heavy (non-hydrogen) atoms. The van der Waals surface area contributed by atoms with E-state index in [1.54, 1.807) is 0 Å². The van der Waals surface area contributed by atoms with Gasteiger partial charge < -0.3 is 20.3 Å². The third-order valence-electron chi connectivity index (χ3n) is 4.71. The maximum absolute atomic E-state index is 11.9. The Morgan fingerprint density at radius 1 is 1.10 bits per heavy atom. The molecule has 0 aromatic heterocycles. The van der Waals surface area contributed by atoms with E-state index < -0.39 is 0 Å². The van der Waals surface area contributed by atoms with Crippen LogP contribution in [0.3, 0.4) is 0 Å². The SMILES string of the molecule is CCNC(=NCc1ccc(N2CCCC2=O)cc1)NCCCOc1ccccc1. The first-order valence-electron chi connectivity index (χ1n) is 10.4. The van der Waals surface area contributed by atoms with Gasteiger partial charge in [0.05, 0.1) is 13.2 Å². The summed E-state index contributed by atoms with van der Waals surface area (Å²) >= 11 is 0. The summed E-state index contributed by atoms with van der Waals surface area (Å²) in [5, 5.41) is 6.61. The molecule has 0 saturated carbocycles. The zero-order valence-corrected chi connectivity index (χ0v) is 17.1. The number of hydrogen-bond acceptors (Lipinski definition) is 3. The van der Waals surface area contributed by atoms with E-state index in [9.17, 15) is 4.79 Å². The highest BCUT2D eigenvalue weighted by molar-refractivity contribution is 5.95. The molecule has 3 rings (SSSR count). The first kappa shape index (κ1) is 20.7. The lowest BCUT2D eigenvalue weighted by atomic mass is 10.2. The number of anilines is 1. The highest BCUT2D eigenvalue weighted by atomic mass is 16.5. The molecule has 1 fully saturated rings. The lowest BCUT2D eigenvalue weighted by Gasteiger charge is -2.16. The molecule has 6 nitrogen and oxygen atoms in total. The van der Waals surface area contributed by atoms with Gasteiger partial charge in [-0.3, -0.25) is 4.79 Å². The van der Waals surface area contributed by atoms with Crippen LogP contribution in [0, 0.1) is 0 Å². The van der Waals surface area contributed by atoms with E-state index in [0.29, 0.717) is 19.6 Å². The third kappa shape index (κ3) is 6.52. The minimum atomic E-state index is 0.214. The van der Waals surface area contributed by atoms with Crippen LogP contribution in [0.1, 0.15) is 31.7 Å². The Bertz CT molecular complexity index is 790. The van der Waals surface area contributed by atoms with E-state index in [-0.39, 0.29) is 5.91 Å². The van der Waals surface area contributed by atoms with Crippen molar-refractivity contribution in [2.75, 3.05) is 31.1 Å². The predicted molar refractivity (Wildman–Crippen MR) is 117 cm³/mol. The largest absolute Gasteiger partial charge is 0.494 e. The normalized spacial score (nSPS) is 14.2. The van der Waals surface area contributed by atoms with E-state index in [2.05, 4.69) is 22.5 Å². The molecule has 1 aliphatic heterocycles. The Hall–Kier alpha value is -3.02. The molecular formula is C23H30N4O2. The fourth-order valence-corrected chi connectivity index (χ4v) is 3.20. The highest BCUT2D eigenvalue weighted by Gasteiger charge is 2.21. The van der Waals surface area contributed by atoms with Crippen LogP contribution in [-0.2, 0) is 11.3 Å². The van der Waals surface area contributed by atoms with E-state index in [0.717, 1.165) is 55.4 Å². The summed E-state index contributed by atoms with van der Waals surface area (Å²) in [5.74, 6) is 1.91. The summed E-state index contributed by atoms with van der Waals surface area (Å²) in [6, 6.07) is 18.0.